The van der Waals surface area contributed by atoms with E-state index in [2.05, 4.69) is 0 Å². The van der Waals surface area contributed by atoms with Crippen LogP contribution < -0.4 is 0 Å². The van der Waals surface area contributed by atoms with E-state index in [0.717, 1.165) is 0 Å². The number of rotatable bonds is 13. The molecule has 0 fully saturated rings. The standard InChI is InChI=1S/C10H28O7Si3/c1-6-12-19(13-7-2,14-8-3)17-20(18-11,15-9-4)16-10-5/h11H,6-10,18H2,1-5H3. The van der Waals surface area contributed by atoms with Crippen molar-refractivity contribution in [2.45, 2.75) is 34.6 Å². The molecule has 0 aromatic heterocycles. The van der Waals surface area contributed by atoms with Crippen LogP contribution in [0.25, 0.3) is 0 Å². The summed E-state index contributed by atoms with van der Waals surface area (Å²) in [6.07, 6.45) is 0. The summed E-state index contributed by atoms with van der Waals surface area (Å²) in [5.74, 6) is 0. The molecule has 0 saturated heterocycles. The van der Waals surface area contributed by atoms with Gasteiger partial charge in [0.15, 0.2) is 0 Å². The van der Waals surface area contributed by atoms with Crippen LogP contribution in [0.2, 0.25) is 0 Å². The van der Waals surface area contributed by atoms with Crippen molar-refractivity contribution in [3.05, 3.63) is 0 Å². The second-order valence-corrected chi connectivity index (χ2v) is 12.1. The third kappa shape index (κ3) is 6.43. The first-order valence-corrected chi connectivity index (χ1v) is 13.4. The van der Waals surface area contributed by atoms with E-state index in [1.165, 1.54) is 0 Å². The van der Waals surface area contributed by atoms with Gasteiger partial charge in [-0.3, -0.25) is 0 Å². The second kappa shape index (κ2) is 11.0. The lowest BCUT2D eigenvalue weighted by atomic mass is 10.9. The molecule has 0 radical (unpaired) electrons. The molecule has 122 valence electrons. The molecule has 0 aromatic rings. The largest absolute Gasteiger partial charge is 0.672 e. The Labute approximate surface area is 126 Å². The molecule has 0 saturated carbocycles. The smallest absolute Gasteiger partial charge is 0.433 e. The summed E-state index contributed by atoms with van der Waals surface area (Å²) >= 11 is 0. The molecule has 1 N–H and O–H groups in total. The van der Waals surface area contributed by atoms with Crippen molar-refractivity contribution in [2.24, 2.45) is 0 Å². The normalized spacial score (nSPS) is 13.5. The predicted octanol–water partition coefficient (Wildman–Crippen LogP) is 0.133. The minimum atomic E-state index is -3.34. The van der Waals surface area contributed by atoms with Crippen LogP contribution in [0.3, 0.4) is 0 Å². The fraction of sp³-hybridized carbons (Fsp3) is 1.00. The van der Waals surface area contributed by atoms with E-state index >= 15 is 0 Å². The Morgan fingerprint density at radius 2 is 1.05 bits per heavy atom. The molecule has 0 aliphatic rings. The molecule has 20 heavy (non-hydrogen) atoms. The summed E-state index contributed by atoms with van der Waals surface area (Å²) in [5, 5.41) is 0. The zero-order valence-electron chi connectivity index (χ0n) is 13.1. The third-order valence-corrected chi connectivity index (χ3v) is 11.9. The second-order valence-electron chi connectivity index (χ2n) is 3.61. The Bertz CT molecular complexity index is 222. The molecule has 0 unspecified atom stereocenters. The molecular weight excluding hydrogens is 316 g/mol. The van der Waals surface area contributed by atoms with Gasteiger partial charge in [-0.05, 0) is 34.6 Å². The van der Waals surface area contributed by atoms with Crippen LogP contribution >= 0.6 is 0 Å². The number of hydrogen-bond donors (Lipinski definition) is 1. The predicted molar refractivity (Wildman–Crippen MR) is 81.5 cm³/mol. The Hall–Kier alpha value is 0.371. The fourth-order valence-corrected chi connectivity index (χ4v) is 11.0. The lowest BCUT2D eigenvalue weighted by molar-refractivity contribution is -0.0169. The molecule has 0 heterocycles. The molecule has 10 heteroatoms. The SMILES string of the molecule is CCO[Si](OCC)(OCC)O[Si](OCC)(OCC)[SiH2]O. The highest BCUT2D eigenvalue weighted by molar-refractivity contribution is 7.13. The van der Waals surface area contributed by atoms with Crippen LogP contribution in [0, 0.1) is 0 Å². The van der Waals surface area contributed by atoms with Crippen molar-refractivity contribution in [1.82, 2.24) is 0 Å². The molecule has 0 atom stereocenters. The van der Waals surface area contributed by atoms with Crippen LogP contribution in [0.15, 0.2) is 0 Å². The van der Waals surface area contributed by atoms with Gasteiger partial charge in [0.05, 0.1) is 0 Å². The highest BCUT2D eigenvalue weighted by Gasteiger charge is 2.56. The Kier molecular flexibility index (Phi) is 11.2. The summed E-state index contributed by atoms with van der Waals surface area (Å²) in [5.41, 5.74) is 0. The molecule has 0 spiro atoms. The summed E-state index contributed by atoms with van der Waals surface area (Å²) in [7, 11) is -8.14. The Balaban J connectivity index is 5.19. The van der Waals surface area contributed by atoms with Crippen LogP contribution in [0.5, 0.6) is 0 Å². The van der Waals surface area contributed by atoms with Crippen molar-refractivity contribution in [3.63, 3.8) is 0 Å². The van der Waals surface area contributed by atoms with Crippen LogP contribution in [-0.4, -0.2) is 64.5 Å². The lowest BCUT2D eigenvalue weighted by Gasteiger charge is -2.35. The lowest BCUT2D eigenvalue weighted by Crippen LogP contribution is -2.63. The van der Waals surface area contributed by atoms with Gasteiger partial charge in [-0.15, -0.1) is 0 Å². The van der Waals surface area contributed by atoms with Crippen molar-refractivity contribution in [2.75, 3.05) is 33.0 Å². The van der Waals surface area contributed by atoms with E-state index in [0.29, 0.717) is 33.0 Å². The minimum Gasteiger partial charge on any atom is -0.433 e. The van der Waals surface area contributed by atoms with Gasteiger partial charge in [0.1, 0.15) is 0 Å². The van der Waals surface area contributed by atoms with Crippen LogP contribution in [0.4, 0.5) is 0 Å². The van der Waals surface area contributed by atoms with Gasteiger partial charge in [0, 0.05) is 33.0 Å². The van der Waals surface area contributed by atoms with Crippen molar-refractivity contribution in [3.8, 4) is 0 Å². The first-order valence-electron chi connectivity index (χ1n) is 7.08. The maximum absolute atomic E-state index is 9.79. The summed E-state index contributed by atoms with van der Waals surface area (Å²) in [6, 6.07) is 0. The van der Waals surface area contributed by atoms with Gasteiger partial charge in [0.2, 0.25) is 9.28 Å². The fourth-order valence-electron chi connectivity index (χ4n) is 1.60. The van der Waals surface area contributed by atoms with E-state index < -0.39 is 26.7 Å². The van der Waals surface area contributed by atoms with Crippen molar-refractivity contribution < 1.29 is 31.0 Å². The molecule has 0 aliphatic carbocycles. The maximum Gasteiger partial charge on any atom is 0.672 e. The topological polar surface area (TPSA) is 75.6 Å². The van der Waals surface area contributed by atoms with Gasteiger partial charge in [-0.2, -0.15) is 0 Å². The molecule has 7 nitrogen and oxygen atoms in total. The first-order chi connectivity index (χ1) is 9.57. The Morgan fingerprint density at radius 3 is 1.30 bits per heavy atom. The van der Waals surface area contributed by atoms with Gasteiger partial charge >= 0.3 is 17.4 Å². The first kappa shape index (κ1) is 20.4. The summed E-state index contributed by atoms with van der Waals surface area (Å²) in [4.78, 5) is 9.79. The molecule has 0 rings (SSSR count). The highest BCUT2D eigenvalue weighted by Crippen LogP contribution is 2.20. The molecule has 0 amide bonds. The van der Waals surface area contributed by atoms with E-state index in [9.17, 15) is 4.80 Å². The zero-order valence-corrected chi connectivity index (χ0v) is 16.6. The van der Waals surface area contributed by atoms with Crippen LogP contribution in [0.1, 0.15) is 34.6 Å². The minimum absolute atomic E-state index is 0.391. The van der Waals surface area contributed by atoms with Gasteiger partial charge in [-0.25, -0.2) is 0 Å². The van der Waals surface area contributed by atoms with E-state index in [1.54, 1.807) is 0 Å². The van der Waals surface area contributed by atoms with Crippen molar-refractivity contribution in [1.29, 1.82) is 0 Å². The zero-order chi connectivity index (χ0) is 15.5. The quantitative estimate of drug-likeness (QED) is 0.476. The summed E-state index contributed by atoms with van der Waals surface area (Å²) in [6.45, 7) is 11.1. The molecular formula is C10H28O7Si3. The van der Waals surface area contributed by atoms with Crippen LogP contribution in [-0.2, 0) is 26.2 Å². The maximum atomic E-state index is 9.79. The highest BCUT2D eigenvalue weighted by atomic mass is 29.2. The number of hydrogen-bond acceptors (Lipinski definition) is 7. The Morgan fingerprint density at radius 1 is 0.700 bits per heavy atom. The monoisotopic (exact) mass is 344 g/mol. The molecule has 0 aromatic carbocycles. The average Bonchev–Trinajstić information content (AvgIpc) is 2.40. The molecule has 0 bridgehead atoms. The van der Waals surface area contributed by atoms with Gasteiger partial charge < -0.3 is 31.0 Å². The van der Waals surface area contributed by atoms with E-state index in [-0.39, 0.29) is 0 Å². The average molecular weight is 345 g/mol. The van der Waals surface area contributed by atoms with E-state index in [1.807, 2.05) is 34.6 Å². The molecule has 0 aliphatic heterocycles. The van der Waals surface area contributed by atoms with Crippen molar-refractivity contribution >= 4 is 26.7 Å². The summed E-state index contributed by atoms with van der Waals surface area (Å²) < 4.78 is 34.0. The third-order valence-electron chi connectivity index (χ3n) is 2.17. The van der Waals surface area contributed by atoms with E-state index in [4.69, 9.17) is 26.2 Å². The van der Waals surface area contributed by atoms with Gasteiger partial charge in [0.25, 0.3) is 0 Å². The van der Waals surface area contributed by atoms with Gasteiger partial charge in [-0.1, -0.05) is 0 Å².